The Hall–Kier alpha value is -2.23. The maximum absolute atomic E-state index is 13.1. The van der Waals surface area contributed by atoms with Crippen molar-refractivity contribution in [1.82, 2.24) is 4.98 Å². The van der Waals surface area contributed by atoms with E-state index in [-0.39, 0.29) is 5.56 Å². The molecular weight excluding hydrogens is 221 g/mol. The van der Waals surface area contributed by atoms with Crippen molar-refractivity contribution in [2.75, 3.05) is 0 Å². The summed E-state index contributed by atoms with van der Waals surface area (Å²) in [7, 11) is 0. The third-order valence-electron chi connectivity index (χ3n) is 2.58. The second-order valence-electron chi connectivity index (χ2n) is 3.68. The molecule has 0 aliphatic rings. The van der Waals surface area contributed by atoms with E-state index in [1.165, 1.54) is 18.3 Å². The Kier molecular flexibility index (Phi) is 2.87. The third kappa shape index (κ3) is 2.15. The van der Waals surface area contributed by atoms with E-state index in [4.69, 9.17) is 5.11 Å². The molecule has 1 heterocycles. The first-order valence-corrected chi connectivity index (χ1v) is 5.03. The summed E-state index contributed by atoms with van der Waals surface area (Å²) in [6.45, 7) is 1.70. The van der Waals surface area contributed by atoms with Crippen molar-refractivity contribution >= 4 is 5.97 Å². The fourth-order valence-corrected chi connectivity index (χ4v) is 1.74. The fourth-order valence-electron chi connectivity index (χ4n) is 1.74. The van der Waals surface area contributed by atoms with Gasteiger partial charge in [0.15, 0.2) is 0 Å². The molecule has 86 valence electrons. The molecule has 17 heavy (non-hydrogen) atoms. The quantitative estimate of drug-likeness (QED) is 0.864. The Morgan fingerprint density at radius 1 is 1.35 bits per heavy atom. The normalized spacial score (nSPS) is 10.2. The number of hydrogen-bond acceptors (Lipinski definition) is 2. The van der Waals surface area contributed by atoms with Crippen LogP contribution in [0.2, 0.25) is 0 Å². The molecule has 0 radical (unpaired) electrons. The van der Waals surface area contributed by atoms with E-state index >= 15 is 0 Å². The number of benzene rings is 1. The van der Waals surface area contributed by atoms with Crippen LogP contribution in [0.3, 0.4) is 0 Å². The van der Waals surface area contributed by atoms with Crippen LogP contribution in [0.5, 0.6) is 0 Å². The molecule has 2 rings (SSSR count). The Bertz CT molecular complexity index is 581. The SMILES string of the molecule is Cc1c(C(=O)O)cccc1-c1cncc(F)c1. The largest absolute Gasteiger partial charge is 0.478 e. The monoisotopic (exact) mass is 231 g/mol. The van der Waals surface area contributed by atoms with Crippen molar-refractivity contribution in [3.05, 3.63) is 53.6 Å². The Morgan fingerprint density at radius 3 is 2.76 bits per heavy atom. The molecule has 4 heteroatoms. The van der Waals surface area contributed by atoms with Crippen molar-refractivity contribution in [1.29, 1.82) is 0 Å². The molecule has 0 amide bonds. The van der Waals surface area contributed by atoms with Gasteiger partial charge in [-0.2, -0.15) is 0 Å². The highest BCUT2D eigenvalue weighted by Gasteiger charge is 2.11. The van der Waals surface area contributed by atoms with E-state index in [2.05, 4.69) is 4.98 Å². The third-order valence-corrected chi connectivity index (χ3v) is 2.58. The number of halogens is 1. The molecule has 0 saturated heterocycles. The zero-order chi connectivity index (χ0) is 12.4. The van der Waals surface area contributed by atoms with Gasteiger partial charge in [0, 0.05) is 11.8 Å². The van der Waals surface area contributed by atoms with Gasteiger partial charge in [0.1, 0.15) is 5.82 Å². The predicted molar refractivity (Wildman–Crippen MR) is 61.3 cm³/mol. The van der Waals surface area contributed by atoms with Crippen LogP contribution >= 0.6 is 0 Å². The number of nitrogens with zero attached hydrogens (tertiary/aromatic N) is 1. The fraction of sp³-hybridized carbons (Fsp3) is 0.0769. The van der Waals surface area contributed by atoms with Gasteiger partial charge in [-0.05, 0) is 30.2 Å². The summed E-state index contributed by atoms with van der Waals surface area (Å²) in [6.07, 6.45) is 2.62. The highest BCUT2D eigenvalue weighted by Crippen LogP contribution is 2.25. The molecule has 0 saturated carbocycles. The molecular formula is C13H10FNO2. The lowest BCUT2D eigenvalue weighted by atomic mass is 9.97. The molecule has 0 fully saturated rings. The minimum absolute atomic E-state index is 0.215. The topological polar surface area (TPSA) is 50.2 Å². The molecule has 1 aromatic heterocycles. The number of aromatic carboxylic acids is 1. The van der Waals surface area contributed by atoms with Gasteiger partial charge in [0.25, 0.3) is 0 Å². The van der Waals surface area contributed by atoms with E-state index < -0.39 is 11.8 Å². The van der Waals surface area contributed by atoms with Crippen LogP contribution in [0.15, 0.2) is 36.7 Å². The summed E-state index contributed by atoms with van der Waals surface area (Å²) in [4.78, 5) is 14.7. The van der Waals surface area contributed by atoms with E-state index in [0.29, 0.717) is 16.7 Å². The smallest absolute Gasteiger partial charge is 0.335 e. The molecule has 1 aromatic carbocycles. The number of pyridine rings is 1. The predicted octanol–water partition coefficient (Wildman–Crippen LogP) is 2.89. The summed E-state index contributed by atoms with van der Waals surface area (Å²) in [5.41, 5.74) is 2.07. The highest BCUT2D eigenvalue weighted by atomic mass is 19.1. The summed E-state index contributed by atoms with van der Waals surface area (Å²) in [5.74, 6) is -1.43. The number of carbonyl (C=O) groups is 1. The number of carboxylic acid groups (broad SMARTS) is 1. The lowest BCUT2D eigenvalue weighted by Crippen LogP contribution is -2.00. The van der Waals surface area contributed by atoms with Crippen LogP contribution < -0.4 is 0 Å². The van der Waals surface area contributed by atoms with E-state index in [1.807, 2.05) is 0 Å². The first-order valence-electron chi connectivity index (χ1n) is 5.03. The van der Waals surface area contributed by atoms with Crippen LogP contribution in [0.25, 0.3) is 11.1 Å². The number of rotatable bonds is 2. The van der Waals surface area contributed by atoms with Crippen LogP contribution in [0.1, 0.15) is 15.9 Å². The molecule has 0 unspecified atom stereocenters. The van der Waals surface area contributed by atoms with Crippen molar-refractivity contribution in [3.8, 4) is 11.1 Å². The van der Waals surface area contributed by atoms with Gasteiger partial charge < -0.3 is 5.11 Å². The molecule has 0 bridgehead atoms. The van der Waals surface area contributed by atoms with Crippen LogP contribution in [-0.2, 0) is 0 Å². The summed E-state index contributed by atoms with van der Waals surface area (Å²) >= 11 is 0. The molecule has 2 aromatic rings. The summed E-state index contributed by atoms with van der Waals surface area (Å²) < 4.78 is 13.1. The van der Waals surface area contributed by atoms with Crippen LogP contribution in [0.4, 0.5) is 4.39 Å². The van der Waals surface area contributed by atoms with Crippen molar-refractivity contribution < 1.29 is 14.3 Å². The van der Waals surface area contributed by atoms with E-state index in [1.54, 1.807) is 19.1 Å². The molecule has 0 aliphatic carbocycles. The maximum Gasteiger partial charge on any atom is 0.335 e. The standard InChI is InChI=1S/C13H10FNO2/c1-8-11(3-2-4-12(8)13(16)17)9-5-10(14)7-15-6-9/h2-7H,1H3,(H,16,17). The Morgan fingerprint density at radius 2 is 2.12 bits per heavy atom. The van der Waals surface area contributed by atoms with Crippen molar-refractivity contribution in [3.63, 3.8) is 0 Å². The first-order chi connectivity index (χ1) is 8.09. The zero-order valence-electron chi connectivity index (χ0n) is 9.14. The van der Waals surface area contributed by atoms with Gasteiger partial charge in [0.2, 0.25) is 0 Å². The van der Waals surface area contributed by atoms with Crippen molar-refractivity contribution in [2.45, 2.75) is 6.92 Å². The Labute approximate surface area is 97.6 Å². The van der Waals surface area contributed by atoms with Gasteiger partial charge in [-0.25, -0.2) is 9.18 Å². The summed E-state index contributed by atoms with van der Waals surface area (Å²) in [6, 6.07) is 6.24. The molecule has 1 N–H and O–H groups in total. The lowest BCUT2D eigenvalue weighted by molar-refractivity contribution is 0.0696. The van der Waals surface area contributed by atoms with Gasteiger partial charge in [0.05, 0.1) is 11.8 Å². The number of carboxylic acids is 1. The lowest BCUT2D eigenvalue weighted by Gasteiger charge is -2.08. The van der Waals surface area contributed by atoms with E-state index in [9.17, 15) is 9.18 Å². The average molecular weight is 231 g/mol. The minimum Gasteiger partial charge on any atom is -0.478 e. The van der Waals surface area contributed by atoms with Gasteiger partial charge >= 0.3 is 5.97 Å². The molecule has 0 spiro atoms. The number of hydrogen-bond donors (Lipinski definition) is 1. The Balaban J connectivity index is 2.60. The second kappa shape index (κ2) is 4.33. The maximum atomic E-state index is 13.1. The first kappa shape index (κ1) is 11.3. The van der Waals surface area contributed by atoms with E-state index in [0.717, 1.165) is 6.20 Å². The van der Waals surface area contributed by atoms with Gasteiger partial charge in [-0.15, -0.1) is 0 Å². The highest BCUT2D eigenvalue weighted by molar-refractivity contribution is 5.91. The molecule has 0 aliphatic heterocycles. The summed E-state index contributed by atoms with van der Waals surface area (Å²) in [5, 5.41) is 9.00. The van der Waals surface area contributed by atoms with Crippen LogP contribution in [-0.4, -0.2) is 16.1 Å². The molecule has 3 nitrogen and oxygen atoms in total. The minimum atomic E-state index is -0.992. The van der Waals surface area contributed by atoms with Gasteiger partial charge in [-0.1, -0.05) is 12.1 Å². The zero-order valence-corrected chi connectivity index (χ0v) is 9.14. The van der Waals surface area contributed by atoms with Crippen molar-refractivity contribution in [2.24, 2.45) is 0 Å². The average Bonchev–Trinajstić information content (AvgIpc) is 2.29. The van der Waals surface area contributed by atoms with Gasteiger partial charge in [-0.3, -0.25) is 4.98 Å². The van der Waals surface area contributed by atoms with Crippen LogP contribution in [0, 0.1) is 12.7 Å². The number of aromatic nitrogens is 1. The molecule has 0 atom stereocenters. The second-order valence-corrected chi connectivity index (χ2v) is 3.68.